The van der Waals surface area contributed by atoms with Crippen molar-refractivity contribution in [3.05, 3.63) is 35.9 Å². The molecule has 0 aliphatic carbocycles. The lowest BCUT2D eigenvalue weighted by Crippen LogP contribution is -2.38. The van der Waals surface area contributed by atoms with Crippen molar-refractivity contribution < 1.29 is 9.84 Å². The molecule has 1 aromatic carbocycles. The second kappa shape index (κ2) is 12.6. The average molecular weight is 503 g/mol. The number of aliphatic hydroxyl groups is 1. The summed E-state index contributed by atoms with van der Waals surface area (Å²) in [6.45, 7) is 9.69. The van der Waals surface area contributed by atoms with Crippen LogP contribution in [0, 0.1) is 5.92 Å². The summed E-state index contributed by atoms with van der Waals surface area (Å²) >= 11 is 3.16. The minimum atomic E-state index is -0.0649. The van der Waals surface area contributed by atoms with Gasteiger partial charge in [0.1, 0.15) is 4.70 Å². The molecule has 3 aromatic rings. The lowest BCUT2D eigenvalue weighted by atomic mass is 10.0. The summed E-state index contributed by atoms with van der Waals surface area (Å²) in [7, 11) is 0. The zero-order valence-corrected chi connectivity index (χ0v) is 21.5. The van der Waals surface area contributed by atoms with E-state index in [0.717, 1.165) is 67.2 Å². The Hall–Kier alpha value is -1.98. The van der Waals surface area contributed by atoms with Crippen molar-refractivity contribution in [1.29, 1.82) is 0 Å². The van der Waals surface area contributed by atoms with Gasteiger partial charge in [0.15, 0.2) is 21.8 Å². The summed E-state index contributed by atoms with van der Waals surface area (Å²) < 4.78 is 6.34. The minimum absolute atomic E-state index is 0.0552. The fraction of sp³-hybridized carbons (Fsp3) is 0.542. The van der Waals surface area contributed by atoms with Crippen LogP contribution in [0.2, 0.25) is 0 Å². The molecule has 2 aromatic heterocycles. The highest BCUT2D eigenvalue weighted by molar-refractivity contribution is 7.98. The van der Waals surface area contributed by atoms with Gasteiger partial charge in [0.2, 0.25) is 0 Å². The maximum Gasteiger partial charge on any atom is 0.191 e. The number of aromatic nitrogens is 3. The molecule has 1 fully saturated rings. The SMILES string of the molecule is CC(C)C[C@H](CO)Nc1nc(SCc2ccccc2)nc2nc(NCCN3CCOCC3)sc12. The van der Waals surface area contributed by atoms with Crippen molar-refractivity contribution in [2.24, 2.45) is 5.92 Å². The van der Waals surface area contributed by atoms with Crippen molar-refractivity contribution in [3.63, 3.8) is 0 Å². The predicted molar refractivity (Wildman–Crippen MR) is 141 cm³/mol. The van der Waals surface area contributed by atoms with Gasteiger partial charge >= 0.3 is 0 Å². The Morgan fingerprint density at radius 2 is 1.94 bits per heavy atom. The van der Waals surface area contributed by atoms with Crippen molar-refractivity contribution in [2.75, 3.05) is 56.6 Å². The monoisotopic (exact) mass is 502 g/mol. The minimum Gasteiger partial charge on any atom is -0.394 e. The Morgan fingerprint density at radius 1 is 1.15 bits per heavy atom. The van der Waals surface area contributed by atoms with Gasteiger partial charge in [-0.1, -0.05) is 67.3 Å². The number of anilines is 2. The number of thioether (sulfide) groups is 1. The number of rotatable bonds is 12. The summed E-state index contributed by atoms with van der Waals surface area (Å²) in [5.41, 5.74) is 1.91. The zero-order chi connectivity index (χ0) is 23.8. The topological polar surface area (TPSA) is 95.4 Å². The van der Waals surface area contributed by atoms with Crippen LogP contribution in [0.1, 0.15) is 25.8 Å². The maximum atomic E-state index is 9.93. The van der Waals surface area contributed by atoms with E-state index in [9.17, 15) is 5.11 Å². The average Bonchev–Trinajstić information content (AvgIpc) is 3.26. The van der Waals surface area contributed by atoms with Gasteiger partial charge in [0.25, 0.3) is 0 Å². The van der Waals surface area contributed by atoms with Crippen LogP contribution >= 0.6 is 23.1 Å². The van der Waals surface area contributed by atoms with Crippen LogP contribution < -0.4 is 10.6 Å². The molecular formula is C24H34N6O2S2. The van der Waals surface area contributed by atoms with Gasteiger partial charge in [-0.2, -0.15) is 4.98 Å². The van der Waals surface area contributed by atoms with Crippen molar-refractivity contribution in [2.45, 2.75) is 37.2 Å². The lowest BCUT2D eigenvalue weighted by Gasteiger charge is -2.26. The number of morpholine rings is 1. The molecule has 10 heteroatoms. The Balaban J connectivity index is 1.51. The highest BCUT2D eigenvalue weighted by Gasteiger charge is 2.18. The Kier molecular flexibility index (Phi) is 9.34. The first-order valence-electron chi connectivity index (χ1n) is 11.9. The van der Waals surface area contributed by atoms with Gasteiger partial charge in [-0.25, -0.2) is 9.97 Å². The van der Waals surface area contributed by atoms with E-state index in [2.05, 4.69) is 41.5 Å². The third-order valence-corrected chi connectivity index (χ3v) is 7.50. The Bertz CT molecular complexity index is 1030. The highest BCUT2D eigenvalue weighted by Crippen LogP contribution is 2.33. The molecule has 1 aliphatic heterocycles. The van der Waals surface area contributed by atoms with Crippen LogP contribution in [0.5, 0.6) is 0 Å². The molecule has 0 spiro atoms. The van der Waals surface area contributed by atoms with E-state index in [4.69, 9.17) is 19.7 Å². The van der Waals surface area contributed by atoms with Crippen LogP contribution in [0.3, 0.4) is 0 Å². The number of hydrogen-bond donors (Lipinski definition) is 3. The maximum absolute atomic E-state index is 9.93. The van der Waals surface area contributed by atoms with E-state index in [-0.39, 0.29) is 12.6 Å². The normalized spacial score (nSPS) is 15.6. The lowest BCUT2D eigenvalue weighted by molar-refractivity contribution is 0.0398. The molecule has 34 heavy (non-hydrogen) atoms. The highest BCUT2D eigenvalue weighted by atomic mass is 32.2. The van der Waals surface area contributed by atoms with Crippen LogP contribution in [0.25, 0.3) is 10.3 Å². The Morgan fingerprint density at radius 3 is 2.68 bits per heavy atom. The number of hydrogen-bond acceptors (Lipinski definition) is 10. The molecule has 3 heterocycles. The molecule has 0 bridgehead atoms. The fourth-order valence-electron chi connectivity index (χ4n) is 3.85. The third kappa shape index (κ3) is 7.26. The van der Waals surface area contributed by atoms with Crippen LogP contribution in [-0.2, 0) is 10.5 Å². The first kappa shape index (κ1) is 25.1. The first-order valence-corrected chi connectivity index (χ1v) is 13.7. The van der Waals surface area contributed by atoms with Gasteiger partial charge in [-0.05, 0) is 17.9 Å². The standard InChI is InChI=1S/C24H34N6O2S2/c1-17(2)14-19(15-31)26-21-20-22(29-24(28-21)33-16-18-6-4-3-5-7-18)27-23(34-20)25-8-9-30-10-12-32-13-11-30/h3-7,17,19,31H,8-16H2,1-2H3,(H2,25,26,27,28,29)/t19-/m1/s1. The molecule has 0 unspecified atom stereocenters. The fourth-order valence-corrected chi connectivity index (χ4v) is 5.53. The quantitative estimate of drug-likeness (QED) is 0.251. The van der Waals surface area contributed by atoms with Gasteiger partial charge in [-0.15, -0.1) is 0 Å². The van der Waals surface area contributed by atoms with Crippen molar-refractivity contribution in [3.8, 4) is 0 Å². The van der Waals surface area contributed by atoms with Crippen molar-refractivity contribution in [1.82, 2.24) is 19.9 Å². The number of nitrogens with one attached hydrogen (secondary N) is 2. The van der Waals surface area contributed by atoms with Gasteiger partial charge in [0, 0.05) is 31.9 Å². The number of thiazole rings is 1. The molecule has 1 atom stereocenters. The number of aliphatic hydroxyl groups excluding tert-OH is 1. The molecule has 1 saturated heterocycles. The van der Waals surface area contributed by atoms with E-state index in [1.807, 2.05) is 18.2 Å². The summed E-state index contributed by atoms with van der Waals surface area (Å²) in [6, 6.07) is 10.2. The number of ether oxygens (including phenoxy) is 1. The molecular weight excluding hydrogens is 468 g/mol. The van der Waals surface area contributed by atoms with Gasteiger partial charge in [-0.3, -0.25) is 4.90 Å². The second-order valence-electron chi connectivity index (χ2n) is 8.83. The second-order valence-corrected chi connectivity index (χ2v) is 10.8. The predicted octanol–water partition coefficient (Wildman–Crippen LogP) is 3.94. The zero-order valence-electron chi connectivity index (χ0n) is 19.9. The number of benzene rings is 1. The summed E-state index contributed by atoms with van der Waals surface area (Å²) in [5, 5.41) is 18.4. The summed E-state index contributed by atoms with van der Waals surface area (Å²) in [4.78, 5) is 16.7. The number of nitrogens with zero attached hydrogens (tertiary/aromatic N) is 4. The molecule has 8 nitrogen and oxygen atoms in total. The third-order valence-electron chi connectivity index (χ3n) is 5.57. The molecule has 0 radical (unpaired) electrons. The number of fused-ring (bicyclic) bond motifs is 1. The first-order chi connectivity index (χ1) is 16.6. The van der Waals surface area contributed by atoms with Gasteiger partial charge < -0.3 is 20.5 Å². The molecule has 0 saturated carbocycles. The van der Waals surface area contributed by atoms with E-state index in [1.54, 1.807) is 23.1 Å². The molecule has 4 rings (SSSR count). The molecule has 1 aliphatic rings. The van der Waals surface area contributed by atoms with Gasteiger partial charge in [0.05, 0.1) is 25.9 Å². The van der Waals surface area contributed by atoms with E-state index < -0.39 is 0 Å². The largest absolute Gasteiger partial charge is 0.394 e. The van der Waals surface area contributed by atoms with Crippen LogP contribution in [0.4, 0.5) is 10.9 Å². The van der Waals surface area contributed by atoms with E-state index in [0.29, 0.717) is 16.7 Å². The molecule has 184 valence electrons. The van der Waals surface area contributed by atoms with E-state index in [1.165, 1.54) is 5.56 Å². The van der Waals surface area contributed by atoms with Crippen LogP contribution in [-0.4, -0.2) is 77.0 Å². The summed E-state index contributed by atoms with van der Waals surface area (Å²) in [5.74, 6) is 2.00. The smallest absolute Gasteiger partial charge is 0.191 e. The van der Waals surface area contributed by atoms with Crippen LogP contribution in [0.15, 0.2) is 35.5 Å². The molecule has 0 amide bonds. The van der Waals surface area contributed by atoms with Crippen molar-refractivity contribution >= 4 is 44.4 Å². The van der Waals surface area contributed by atoms with E-state index >= 15 is 0 Å². The Labute approximate surface area is 209 Å². The summed E-state index contributed by atoms with van der Waals surface area (Å²) in [6.07, 6.45) is 0.859. The molecule has 3 N–H and O–H groups in total.